The van der Waals surface area contributed by atoms with Crippen molar-refractivity contribution >= 4 is 61.6 Å². The fraction of sp³-hybridized carbons (Fsp3) is 0.341. The number of hydrogen-bond donors (Lipinski definition) is 3. The molecule has 18 heteroatoms. The van der Waals surface area contributed by atoms with Gasteiger partial charge >= 0.3 is 11.8 Å². The number of amides is 2. The first-order valence-electron chi connectivity index (χ1n) is 20.3. The van der Waals surface area contributed by atoms with Crippen LogP contribution < -0.4 is 19.1 Å². The molecule has 1 atom stereocenters. The van der Waals surface area contributed by atoms with E-state index in [9.17, 15) is 33.2 Å². The third kappa shape index (κ3) is 9.49. The van der Waals surface area contributed by atoms with Gasteiger partial charge in [0.1, 0.15) is 23.3 Å². The van der Waals surface area contributed by atoms with Crippen LogP contribution in [0.3, 0.4) is 0 Å². The number of ether oxygens (including phenoxy) is 2. The highest BCUT2D eigenvalue weighted by molar-refractivity contribution is 7.90. The molecule has 1 unspecified atom stereocenters. The molecule has 2 aromatic heterocycles. The lowest BCUT2D eigenvalue weighted by molar-refractivity contribution is -0.386. The summed E-state index contributed by atoms with van der Waals surface area (Å²) in [7, 11) is -4.66. The van der Waals surface area contributed by atoms with E-state index in [0.29, 0.717) is 35.9 Å². The molecular formula is C44H46ClN7O9S. The zero-order valence-electron chi connectivity index (χ0n) is 34.2. The topological polar surface area (TPSA) is 201 Å². The number of H-pyrrole nitrogens is 1. The zero-order valence-corrected chi connectivity index (χ0v) is 35.7. The number of nitro groups is 1. The van der Waals surface area contributed by atoms with E-state index in [0.717, 1.165) is 73.1 Å². The van der Waals surface area contributed by atoms with Gasteiger partial charge in [0, 0.05) is 80.1 Å². The van der Waals surface area contributed by atoms with Crippen LogP contribution in [0.2, 0.25) is 5.02 Å². The number of rotatable bonds is 12. The Balaban J connectivity index is 1.01. The van der Waals surface area contributed by atoms with Gasteiger partial charge in [0.05, 0.1) is 28.1 Å². The summed E-state index contributed by atoms with van der Waals surface area (Å²) in [4.78, 5) is 49.1. The lowest BCUT2D eigenvalue weighted by Crippen LogP contribution is -2.47. The normalized spacial score (nSPS) is 18.2. The van der Waals surface area contributed by atoms with Gasteiger partial charge in [-0.2, -0.15) is 0 Å². The summed E-state index contributed by atoms with van der Waals surface area (Å²) in [6.07, 6.45) is 4.88. The molecule has 0 radical (unpaired) electrons. The number of carboxylic acid groups (broad SMARTS) is 1. The van der Waals surface area contributed by atoms with Gasteiger partial charge in [-0.1, -0.05) is 43.2 Å². The van der Waals surface area contributed by atoms with Gasteiger partial charge in [-0.3, -0.25) is 19.8 Å². The van der Waals surface area contributed by atoms with E-state index in [-0.39, 0.29) is 35.6 Å². The Morgan fingerprint density at radius 2 is 1.79 bits per heavy atom. The van der Waals surface area contributed by atoms with E-state index >= 15 is 0 Å². The SMILES string of the molecule is CC1(C)CCC(CN2CCN(c3ccc(C(=O)NS(=O)(=O)c4ccc(OC5CCN(C(=O)O)C5)c([N+](=O)[O-])c4)c(Oc4cnc5[nH]ccc5c4)c3)CC2)=C(c2ccc(Cl)cc2)C1. The monoisotopic (exact) mass is 883 g/mol. The average Bonchev–Trinajstić information content (AvgIpc) is 3.92. The van der Waals surface area contributed by atoms with E-state index in [4.69, 9.17) is 21.1 Å². The minimum Gasteiger partial charge on any atom is -0.482 e. The third-order valence-corrected chi connectivity index (χ3v) is 13.3. The first-order valence-corrected chi connectivity index (χ1v) is 22.2. The molecule has 3 aliphatic rings. The number of aromatic nitrogens is 2. The average molecular weight is 884 g/mol. The molecule has 2 saturated heterocycles. The molecule has 1 aliphatic carbocycles. The van der Waals surface area contributed by atoms with Crippen LogP contribution >= 0.6 is 11.6 Å². The smallest absolute Gasteiger partial charge is 0.407 e. The molecule has 0 spiro atoms. The minimum absolute atomic E-state index is 0.000856. The van der Waals surface area contributed by atoms with Crippen LogP contribution in [0.15, 0.2) is 95.7 Å². The predicted molar refractivity (Wildman–Crippen MR) is 234 cm³/mol. The molecule has 2 amide bonds. The first kappa shape index (κ1) is 42.5. The zero-order chi connectivity index (χ0) is 43.8. The fourth-order valence-corrected chi connectivity index (χ4v) is 9.41. The van der Waals surface area contributed by atoms with Crippen LogP contribution in [0, 0.1) is 15.5 Å². The number of aromatic amines is 1. The second kappa shape index (κ2) is 17.3. The second-order valence-electron chi connectivity index (χ2n) is 16.6. The molecule has 324 valence electrons. The number of allylic oxidation sites excluding steroid dienone is 1. The van der Waals surface area contributed by atoms with E-state index < -0.39 is 43.6 Å². The van der Waals surface area contributed by atoms with Gasteiger partial charge < -0.3 is 29.4 Å². The van der Waals surface area contributed by atoms with Crippen LogP contribution in [-0.4, -0.2) is 102 Å². The van der Waals surface area contributed by atoms with Crippen molar-refractivity contribution in [2.24, 2.45) is 5.41 Å². The number of hydrogen-bond acceptors (Lipinski definition) is 11. The maximum Gasteiger partial charge on any atom is 0.407 e. The number of benzene rings is 3. The van der Waals surface area contributed by atoms with Crippen LogP contribution in [-0.2, 0) is 10.0 Å². The van der Waals surface area contributed by atoms with Gasteiger partial charge in [-0.15, -0.1) is 0 Å². The highest BCUT2D eigenvalue weighted by Gasteiger charge is 2.32. The Kier molecular flexibility index (Phi) is 11.9. The fourth-order valence-electron chi connectivity index (χ4n) is 8.30. The van der Waals surface area contributed by atoms with Crippen molar-refractivity contribution in [1.29, 1.82) is 0 Å². The number of nitrogens with zero attached hydrogens (tertiary/aromatic N) is 5. The van der Waals surface area contributed by atoms with Crippen molar-refractivity contribution in [3.05, 3.63) is 117 Å². The standard InChI is InChI=1S/C44H46ClN7O9S/c1-44(2)14-11-30(37(24-44)28-3-5-31(45)6-4-28)26-49-17-19-50(20-18-49)32-7-9-36(40(22-32)61-34-21-29-12-15-46-41(29)47-25-34)42(53)48-62(58,59)35-8-10-39(38(23-35)52(56)57)60-33-13-16-51(27-33)43(54)55/h3-10,12,15,21-23,25,33H,11,13-14,16-20,24,26-27H2,1-2H3,(H,46,47)(H,48,53)(H,54,55). The number of likely N-dealkylation sites (tertiary alicyclic amines) is 1. The Labute approximate surface area is 363 Å². The van der Waals surface area contributed by atoms with Crippen LogP contribution in [0.5, 0.6) is 17.2 Å². The molecule has 62 heavy (non-hydrogen) atoms. The molecule has 5 aromatic rings. The Bertz CT molecular complexity index is 2680. The Hall–Kier alpha value is -6.17. The molecule has 8 rings (SSSR count). The quantitative estimate of drug-likeness (QED) is 0.0808. The highest BCUT2D eigenvalue weighted by atomic mass is 35.5. The van der Waals surface area contributed by atoms with Crippen molar-refractivity contribution in [3.63, 3.8) is 0 Å². The number of fused-ring (bicyclic) bond motifs is 1. The molecule has 16 nitrogen and oxygen atoms in total. The number of carbonyl (C=O) groups is 2. The third-order valence-electron chi connectivity index (χ3n) is 11.7. The number of piperazine rings is 1. The summed E-state index contributed by atoms with van der Waals surface area (Å²) in [5.74, 6) is -0.847. The molecule has 0 saturated carbocycles. The summed E-state index contributed by atoms with van der Waals surface area (Å²) in [5, 5.41) is 22.8. The summed E-state index contributed by atoms with van der Waals surface area (Å²) < 4.78 is 41.3. The molecule has 0 bridgehead atoms. The lowest BCUT2D eigenvalue weighted by atomic mass is 9.72. The Morgan fingerprint density at radius 1 is 1.02 bits per heavy atom. The van der Waals surface area contributed by atoms with Crippen molar-refractivity contribution in [2.75, 3.05) is 50.7 Å². The minimum atomic E-state index is -4.66. The number of nitro benzene ring substituents is 1. The van der Waals surface area contributed by atoms with Crippen molar-refractivity contribution in [2.45, 2.75) is 50.5 Å². The number of sulfonamides is 1. The molecule has 3 aromatic carbocycles. The summed E-state index contributed by atoms with van der Waals surface area (Å²) in [5.41, 5.74) is 4.93. The number of nitrogens with one attached hydrogen (secondary N) is 2. The predicted octanol–water partition coefficient (Wildman–Crippen LogP) is 7.95. The molecule has 2 aliphatic heterocycles. The van der Waals surface area contributed by atoms with Gasteiger partial charge in [0.25, 0.3) is 15.9 Å². The van der Waals surface area contributed by atoms with Crippen molar-refractivity contribution < 1.29 is 37.5 Å². The number of pyridine rings is 1. The van der Waals surface area contributed by atoms with E-state index in [1.165, 1.54) is 29.0 Å². The van der Waals surface area contributed by atoms with E-state index in [1.54, 1.807) is 24.4 Å². The second-order valence-corrected chi connectivity index (χ2v) is 18.8. The first-order chi connectivity index (χ1) is 29.6. The summed E-state index contributed by atoms with van der Waals surface area (Å²) in [6, 6.07) is 19.6. The van der Waals surface area contributed by atoms with Crippen molar-refractivity contribution in [1.82, 2.24) is 24.5 Å². The number of anilines is 1. The molecular weight excluding hydrogens is 838 g/mol. The van der Waals surface area contributed by atoms with Crippen LogP contribution in [0.4, 0.5) is 16.2 Å². The summed E-state index contributed by atoms with van der Waals surface area (Å²) in [6.45, 7) is 8.68. The molecule has 3 N–H and O–H groups in total. The van der Waals surface area contributed by atoms with Gasteiger partial charge in [0.15, 0.2) is 5.75 Å². The van der Waals surface area contributed by atoms with Crippen molar-refractivity contribution in [3.8, 4) is 17.2 Å². The maximum absolute atomic E-state index is 13.9. The van der Waals surface area contributed by atoms with Gasteiger partial charge in [-0.25, -0.2) is 22.9 Å². The Morgan fingerprint density at radius 3 is 2.52 bits per heavy atom. The van der Waals surface area contributed by atoms with Gasteiger partial charge in [-0.05, 0) is 84.3 Å². The lowest BCUT2D eigenvalue weighted by Gasteiger charge is -2.39. The van der Waals surface area contributed by atoms with Crippen LogP contribution in [0.1, 0.15) is 55.5 Å². The van der Waals surface area contributed by atoms with Crippen LogP contribution in [0.25, 0.3) is 16.6 Å². The highest BCUT2D eigenvalue weighted by Crippen LogP contribution is 2.43. The van der Waals surface area contributed by atoms with Gasteiger partial charge in [0.2, 0.25) is 0 Å². The number of halogens is 1. The largest absolute Gasteiger partial charge is 0.482 e. The molecule has 2 fully saturated rings. The molecule has 4 heterocycles. The maximum atomic E-state index is 13.9. The number of carbonyl (C=O) groups excluding carboxylic acids is 1. The van der Waals surface area contributed by atoms with E-state index in [1.807, 2.05) is 18.2 Å². The summed E-state index contributed by atoms with van der Waals surface area (Å²) >= 11 is 6.23. The van der Waals surface area contributed by atoms with E-state index in [2.05, 4.69) is 50.5 Å².